The minimum Gasteiger partial charge on any atom is -0.478 e. The summed E-state index contributed by atoms with van der Waals surface area (Å²) >= 11 is 0. The number of rotatable bonds is 4. The molecule has 3 N–H and O–H groups in total. The van der Waals surface area contributed by atoms with E-state index in [1.165, 1.54) is 12.1 Å². The van der Waals surface area contributed by atoms with E-state index >= 15 is 0 Å². The molecule has 2 aromatic rings. The number of carbonyl (C=O) groups is 1. The predicted octanol–water partition coefficient (Wildman–Crippen LogP) is 1.62. The third-order valence-corrected chi connectivity index (χ3v) is 3.85. The second kappa shape index (κ2) is 5.44. The standard InChI is InChI=1S/C14H13NO4S/c15-20(18,19)13-9-12(14(16)17)7-6-11(13)8-10-4-2-1-3-5-10/h1-7,9H,8H2,(H,16,17)(H2,15,18,19). The number of nitrogens with two attached hydrogens (primary N) is 1. The molecule has 0 saturated carbocycles. The third-order valence-electron chi connectivity index (χ3n) is 2.86. The lowest BCUT2D eigenvalue weighted by Gasteiger charge is -2.09. The molecule has 20 heavy (non-hydrogen) atoms. The number of aromatic carboxylic acids is 1. The lowest BCUT2D eigenvalue weighted by molar-refractivity contribution is 0.0696. The molecule has 0 heterocycles. The van der Waals surface area contributed by atoms with Crippen LogP contribution in [0.25, 0.3) is 0 Å². The van der Waals surface area contributed by atoms with E-state index in [-0.39, 0.29) is 10.5 Å². The first kappa shape index (κ1) is 14.2. The van der Waals surface area contributed by atoms with E-state index < -0.39 is 16.0 Å². The Hall–Kier alpha value is -2.18. The Kier molecular flexibility index (Phi) is 3.87. The van der Waals surface area contributed by atoms with Crippen molar-refractivity contribution in [2.45, 2.75) is 11.3 Å². The highest BCUT2D eigenvalue weighted by molar-refractivity contribution is 7.89. The average Bonchev–Trinajstić information content (AvgIpc) is 2.39. The van der Waals surface area contributed by atoms with E-state index in [4.69, 9.17) is 10.2 Å². The summed E-state index contributed by atoms with van der Waals surface area (Å²) in [5.74, 6) is -1.19. The van der Waals surface area contributed by atoms with Gasteiger partial charge in [-0.05, 0) is 29.7 Å². The molecule has 2 aromatic carbocycles. The highest BCUT2D eigenvalue weighted by Crippen LogP contribution is 2.20. The maximum absolute atomic E-state index is 11.6. The molecule has 0 unspecified atom stereocenters. The number of hydrogen-bond donors (Lipinski definition) is 2. The van der Waals surface area contributed by atoms with Crippen LogP contribution in [0.1, 0.15) is 21.5 Å². The highest BCUT2D eigenvalue weighted by atomic mass is 32.2. The Morgan fingerprint density at radius 2 is 1.75 bits per heavy atom. The van der Waals surface area contributed by atoms with Crippen LogP contribution < -0.4 is 5.14 Å². The van der Waals surface area contributed by atoms with Crippen LogP contribution in [0.5, 0.6) is 0 Å². The highest BCUT2D eigenvalue weighted by Gasteiger charge is 2.17. The molecule has 6 heteroatoms. The topological polar surface area (TPSA) is 97.5 Å². The largest absolute Gasteiger partial charge is 0.478 e. The van der Waals surface area contributed by atoms with Gasteiger partial charge in [-0.1, -0.05) is 36.4 Å². The monoisotopic (exact) mass is 291 g/mol. The Morgan fingerprint density at radius 3 is 2.30 bits per heavy atom. The van der Waals surface area contributed by atoms with Crippen LogP contribution in [0.4, 0.5) is 0 Å². The van der Waals surface area contributed by atoms with Gasteiger partial charge in [-0.15, -0.1) is 0 Å². The van der Waals surface area contributed by atoms with Gasteiger partial charge in [0.05, 0.1) is 10.5 Å². The molecular formula is C14H13NO4S. The zero-order valence-corrected chi connectivity index (χ0v) is 11.3. The van der Waals surface area contributed by atoms with E-state index in [0.29, 0.717) is 12.0 Å². The van der Waals surface area contributed by atoms with Crippen molar-refractivity contribution in [1.29, 1.82) is 0 Å². The first-order chi connectivity index (χ1) is 9.38. The van der Waals surface area contributed by atoms with Crippen molar-refractivity contribution in [2.24, 2.45) is 5.14 Å². The van der Waals surface area contributed by atoms with Crippen LogP contribution in [-0.2, 0) is 16.4 Å². The van der Waals surface area contributed by atoms with Gasteiger partial charge < -0.3 is 5.11 Å². The van der Waals surface area contributed by atoms with E-state index in [1.807, 2.05) is 30.3 Å². The van der Waals surface area contributed by atoms with E-state index in [9.17, 15) is 13.2 Å². The molecule has 0 fully saturated rings. The summed E-state index contributed by atoms with van der Waals surface area (Å²) in [5.41, 5.74) is 1.29. The van der Waals surface area contributed by atoms with E-state index in [1.54, 1.807) is 0 Å². The molecule has 0 aliphatic heterocycles. The van der Waals surface area contributed by atoms with Crippen molar-refractivity contribution in [2.75, 3.05) is 0 Å². The fraction of sp³-hybridized carbons (Fsp3) is 0.0714. The number of primary sulfonamides is 1. The average molecular weight is 291 g/mol. The summed E-state index contributed by atoms with van der Waals surface area (Å²) in [4.78, 5) is 10.8. The van der Waals surface area contributed by atoms with Crippen LogP contribution in [0, 0.1) is 0 Å². The summed E-state index contributed by atoms with van der Waals surface area (Å²) < 4.78 is 23.2. The van der Waals surface area contributed by atoms with Crippen molar-refractivity contribution in [3.8, 4) is 0 Å². The van der Waals surface area contributed by atoms with Crippen molar-refractivity contribution in [3.63, 3.8) is 0 Å². The maximum atomic E-state index is 11.6. The second-order valence-corrected chi connectivity index (χ2v) is 5.86. The van der Waals surface area contributed by atoms with Crippen LogP contribution in [0.15, 0.2) is 53.4 Å². The number of hydrogen-bond acceptors (Lipinski definition) is 3. The molecule has 0 radical (unpaired) electrons. The second-order valence-electron chi connectivity index (χ2n) is 4.34. The Balaban J connectivity index is 2.50. The third kappa shape index (κ3) is 3.23. The summed E-state index contributed by atoms with van der Waals surface area (Å²) in [6, 6.07) is 13.2. The number of benzene rings is 2. The van der Waals surface area contributed by atoms with Gasteiger partial charge in [0, 0.05) is 0 Å². The van der Waals surface area contributed by atoms with Crippen molar-refractivity contribution >= 4 is 16.0 Å². The normalized spacial score (nSPS) is 11.2. The molecule has 2 rings (SSSR count). The van der Waals surface area contributed by atoms with Crippen LogP contribution >= 0.6 is 0 Å². The summed E-state index contributed by atoms with van der Waals surface area (Å²) in [5, 5.41) is 14.1. The zero-order chi connectivity index (χ0) is 14.8. The molecule has 0 atom stereocenters. The van der Waals surface area contributed by atoms with Gasteiger partial charge in [-0.25, -0.2) is 18.4 Å². The quantitative estimate of drug-likeness (QED) is 0.894. The summed E-state index contributed by atoms with van der Waals surface area (Å²) in [6.07, 6.45) is 0.368. The van der Waals surface area contributed by atoms with E-state index in [2.05, 4.69) is 0 Å². The molecule has 0 aromatic heterocycles. The van der Waals surface area contributed by atoms with Gasteiger partial charge >= 0.3 is 5.97 Å². The molecule has 0 spiro atoms. The number of sulfonamides is 1. The molecule has 0 amide bonds. The molecule has 0 aliphatic carbocycles. The van der Waals surface area contributed by atoms with Crippen LogP contribution in [-0.4, -0.2) is 19.5 Å². The lowest BCUT2D eigenvalue weighted by atomic mass is 10.0. The van der Waals surface area contributed by atoms with Crippen molar-refractivity contribution < 1.29 is 18.3 Å². The fourth-order valence-electron chi connectivity index (χ4n) is 1.91. The predicted molar refractivity (Wildman–Crippen MR) is 74.0 cm³/mol. The van der Waals surface area contributed by atoms with Crippen molar-refractivity contribution in [1.82, 2.24) is 0 Å². The molecule has 5 nitrogen and oxygen atoms in total. The number of carboxylic acid groups (broad SMARTS) is 1. The Bertz CT molecular complexity index is 739. The van der Waals surface area contributed by atoms with Gasteiger partial charge in [0.15, 0.2) is 0 Å². The van der Waals surface area contributed by atoms with Crippen molar-refractivity contribution in [3.05, 3.63) is 65.2 Å². The molecule has 0 saturated heterocycles. The molecular weight excluding hydrogens is 278 g/mol. The molecule has 104 valence electrons. The summed E-state index contributed by atoms with van der Waals surface area (Å²) in [6.45, 7) is 0. The SMILES string of the molecule is NS(=O)(=O)c1cc(C(=O)O)ccc1Cc1ccccc1. The Labute approximate surface area is 116 Å². The smallest absolute Gasteiger partial charge is 0.335 e. The van der Waals surface area contributed by atoms with Gasteiger partial charge in [0.25, 0.3) is 0 Å². The summed E-state index contributed by atoms with van der Waals surface area (Å²) in [7, 11) is -3.97. The minimum absolute atomic E-state index is 0.106. The van der Waals surface area contributed by atoms with Crippen LogP contribution in [0.3, 0.4) is 0 Å². The first-order valence-electron chi connectivity index (χ1n) is 5.81. The van der Waals surface area contributed by atoms with Crippen LogP contribution in [0.2, 0.25) is 0 Å². The number of carboxylic acids is 1. The lowest BCUT2D eigenvalue weighted by Crippen LogP contribution is -2.16. The van der Waals surface area contributed by atoms with Gasteiger partial charge in [0.2, 0.25) is 10.0 Å². The molecule has 0 bridgehead atoms. The van der Waals surface area contributed by atoms with Gasteiger partial charge in [-0.3, -0.25) is 0 Å². The Morgan fingerprint density at radius 1 is 1.10 bits per heavy atom. The first-order valence-corrected chi connectivity index (χ1v) is 7.35. The molecule has 0 aliphatic rings. The zero-order valence-electron chi connectivity index (χ0n) is 10.5. The minimum atomic E-state index is -3.97. The fourth-order valence-corrected chi connectivity index (χ4v) is 2.71. The van der Waals surface area contributed by atoms with Gasteiger partial charge in [0.1, 0.15) is 0 Å². The van der Waals surface area contributed by atoms with Gasteiger partial charge in [-0.2, -0.15) is 0 Å². The van der Waals surface area contributed by atoms with E-state index in [0.717, 1.165) is 11.6 Å². The maximum Gasteiger partial charge on any atom is 0.335 e.